The zero-order chi connectivity index (χ0) is 21.6. The van der Waals surface area contributed by atoms with E-state index in [0.717, 1.165) is 18.5 Å². The third kappa shape index (κ3) is 12.5. The van der Waals surface area contributed by atoms with E-state index >= 15 is 0 Å². The lowest BCUT2D eigenvalue weighted by Gasteiger charge is -2.21. The topological polar surface area (TPSA) is 81.4 Å². The highest BCUT2D eigenvalue weighted by Gasteiger charge is 2.28. The highest BCUT2D eigenvalue weighted by molar-refractivity contribution is 5.86. The summed E-state index contributed by atoms with van der Waals surface area (Å²) in [5.41, 5.74) is 8.28. The van der Waals surface area contributed by atoms with Gasteiger partial charge in [0, 0.05) is 12.6 Å². The number of rotatable bonds is 2. The number of esters is 1. The van der Waals surface area contributed by atoms with Crippen molar-refractivity contribution >= 4 is 11.9 Å². The molecule has 1 aromatic carbocycles. The third-order valence-corrected chi connectivity index (χ3v) is 3.69. The zero-order valence-corrected chi connectivity index (χ0v) is 17.9. The van der Waals surface area contributed by atoms with Crippen LogP contribution in [0.25, 0.3) is 0 Å². The number of amides is 1. The lowest BCUT2D eigenvalue weighted by Crippen LogP contribution is -2.49. The van der Waals surface area contributed by atoms with Crippen LogP contribution in [0.15, 0.2) is 65.9 Å². The van der Waals surface area contributed by atoms with Crippen molar-refractivity contribution in [2.45, 2.75) is 53.0 Å². The quantitative estimate of drug-likeness (QED) is 0.590. The van der Waals surface area contributed by atoms with E-state index in [1.54, 1.807) is 13.8 Å². The van der Waals surface area contributed by atoms with Crippen molar-refractivity contribution < 1.29 is 14.3 Å². The van der Waals surface area contributed by atoms with Crippen molar-refractivity contribution in [2.75, 3.05) is 7.11 Å². The Bertz CT molecular complexity index is 702. The summed E-state index contributed by atoms with van der Waals surface area (Å²) in [5.74, 6) is -0.701. The average molecular weight is 387 g/mol. The van der Waals surface area contributed by atoms with E-state index in [4.69, 9.17) is 5.73 Å². The molecule has 0 heterocycles. The minimum absolute atomic E-state index is 0.250. The number of hydrogen-bond donors (Lipinski definition) is 2. The van der Waals surface area contributed by atoms with Gasteiger partial charge in [0.25, 0.3) is 0 Å². The fraction of sp³-hybridized carbons (Fsp3) is 0.391. The molecule has 154 valence electrons. The second-order valence-electron chi connectivity index (χ2n) is 7.05. The molecule has 2 rings (SSSR count). The first-order valence-corrected chi connectivity index (χ1v) is 9.25. The van der Waals surface area contributed by atoms with E-state index in [9.17, 15) is 9.59 Å². The van der Waals surface area contributed by atoms with E-state index in [1.807, 2.05) is 30.4 Å². The Morgan fingerprint density at radius 3 is 2.18 bits per heavy atom. The summed E-state index contributed by atoms with van der Waals surface area (Å²) < 4.78 is 4.46. The van der Waals surface area contributed by atoms with Gasteiger partial charge in [0.05, 0.1) is 7.11 Å². The van der Waals surface area contributed by atoms with Crippen molar-refractivity contribution in [3.63, 3.8) is 0 Å². The number of allylic oxidation sites excluding steroid dienone is 5. The van der Waals surface area contributed by atoms with E-state index < -0.39 is 11.5 Å². The van der Waals surface area contributed by atoms with Gasteiger partial charge in [-0.3, -0.25) is 4.79 Å². The molecule has 5 heteroatoms. The van der Waals surface area contributed by atoms with Gasteiger partial charge in [-0.2, -0.15) is 0 Å². The summed E-state index contributed by atoms with van der Waals surface area (Å²) in [5, 5.41) is 2.46. The summed E-state index contributed by atoms with van der Waals surface area (Å²) >= 11 is 0. The Hall–Kier alpha value is -2.82. The number of hydrogen-bond acceptors (Lipinski definition) is 4. The molecular formula is C23H34N2O3. The number of carbonyl (C=O) groups excluding carboxylic acids is 2. The fourth-order valence-electron chi connectivity index (χ4n) is 2.21. The van der Waals surface area contributed by atoms with Gasteiger partial charge in [-0.1, -0.05) is 59.7 Å². The molecule has 0 aromatic heterocycles. The summed E-state index contributed by atoms with van der Waals surface area (Å²) in [6, 6.07) is 10.3. The number of ether oxygens (including phenoxy) is 1. The molecule has 5 nitrogen and oxygen atoms in total. The lowest BCUT2D eigenvalue weighted by molar-refractivity contribution is -0.149. The highest BCUT2D eigenvalue weighted by Crippen LogP contribution is 2.07. The van der Waals surface area contributed by atoms with Crippen LogP contribution in [0, 0.1) is 6.92 Å². The molecule has 0 unspecified atom stereocenters. The Labute approximate surface area is 169 Å². The maximum atomic E-state index is 10.9. The Balaban J connectivity index is 0.000000399. The molecule has 1 aromatic rings. The standard InChI is InChI=1S/C9H13N.C7H13NO3.C7H8/c1-8-4-2-6-9(10)7-3-5-8;1-5(9)8-7(2,3)6(10)11-4;1-7-5-3-2-4-6-7/h2,5-7H,3-4,10H2,1H3;1-4H3,(H,8,9);2-6H,1H3/b6-2?,8-5-,9-7+;;. The first-order chi connectivity index (χ1) is 13.1. The van der Waals surface area contributed by atoms with Crippen molar-refractivity contribution in [3.05, 3.63) is 71.5 Å². The SMILES string of the molecule is C/C1=C/C/C=C(/N)C=CC1.COC(=O)C(C)(C)NC(C)=O.Cc1ccccc1. The van der Waals surface area contributed by atoms with Gasteiger partial charge in [-0.25, -0.2) is 4.79 Å². The van der Waals surface area contributed by atoms with Gasteiger partial charge in [-0.15, -0.1) is 0 Å². The van der Waals surface area contributed by atoms with Crippen LogP contribution in [0.5, 0.6) is 0 Å². The van der Waals surface area contributed by atoms with Crippen LogP contribution in [0.1, 0.15) is 46.1 Å². The molecule has 0 radical (unpaired) electrons. The number of aryl methyl sites for hydroxylation is 1. The average Bonchev–Trinajstić information content (AvgIpc) is 2.60. The largest absolute Gasteiger partial charge is 0.467 e. The molecule has 0 spiro atoms. The van der Waals surface area contributed by atoms with Gasteiger partial charge < -0.3 is 15.8 Å². The Morgan fingerprint density at radius 2 is 1.71 bits per heavy atom. The van der Waals surface area contributed by atoms with Crippen LogP contribution >= 0.6 is 0 Å². The molecule has 3 N–H and O–H groups in total. The van der Waals surface area contributed by atoms with Crippen molar-refractivity contribution in [1.29, 1.82) is 0 Å². The minimum Gasteiger partial charge on any atom is -0.467 e. The van der Waals surface area contributed by atoms with Crippen molar-refractivity contribution in [2.24, 2.45) is 5.73 Å². The van der Waals surface area contributed by atoms with Gasteiger partial charge in [0.2, 0.25) is 5.91 Å². The van der Waals surface area contributed by atoms with E-state index in [1.165, 1.54) is 25.2 Å². The smallest absolute Gasteiger partial charge is 0.330 e. The molecule has 0 saturated carbocycles. The lowest BCUT2D eigenvalue weighted by atomic mass is 10.1. The van der Waals surface area contributed by atoms with E-state index in [-0.39, 0.29) is 5.91 Å². The molecule has 1 aliphatic rings. The molecule has 0 fully saturated rings. The molecule has 0 atom stereocenters. The van der Waals surface area contributed by atoms with E-state index in [0.29, 0.717) is 0 Å². The van der Waals surface area contributed by atoms with Crippen LogP contribution in [0.2, 0.25) is 0 Å². The first kappa shape index (κ1) is 25.2. The molecular weight excluding hydrogens is 352 g/mol. The minimum atomic E-state index is -0.930. The van der Waals surface area contributed by atoms with Gasteiger partial charge in [0.15, 0.2) is 0 Å². The normalized spacial score (nSPS) is 16.8. The number of benzene rings is 1. The summed E-state index contributed by atoms with van der Waals surface area (Å²) in [6.45, 7) is 8.74. The first-order valence-electron chi connectivity index (χ1n) is 9.25. The summed E-state index contributed by atoms with van der Waals surface area (Å²) in [6.07, 6.45) is 10.3. The number of nitrogens with two attached hydrogens (primary N) is 1. The van der Waals surface area contributed by atoms with E-state index in [2.05, 4.69) is 48.2 Å². The molecule has 0 saturated heterocycles. The second kappa shape index (κ2) is 13.4. The van der Waals surface area contributed by atoms with Crippen LogP contribution in [0.3, 0.4) is 0 Å². The van der Waals surface area contributed by atoms with Gasteiger partial charge in [0.1, 0.15) is 5.54 Å². The van der Waals surface area contributed by atoms with Crippen LogP contribution in [-0.2, 0) is 14.3 Å². The Morgan fingerprint density at radius 1 is 1.11 bits per heavy atom. The monoisotopic (exact) mass is 386 g/mol. The molecule has 0 bridgehead atoms. The number of carbonyl (C=O) groups is 2. The highest BCUT2D eigenvalue weighted by atomic mass is 16.5. The molecule has 28 heavy (non-hydrogen) atoms. The van der Waals surface area contributed by atoms with Crippen molar-refractivity contribution in [3.8, 4) is 0 Å². The maximum Gasteiger partial charge on any atom is 0.330 e. The molecule has 0 aliphatic heterocycles. The number of methoxy groups -OCH3 is 1. The molecule has 1 aliphatic carbocycles. The predicted molar refractivity (Wildman–Crippen MR) is 115 cm³/mol. The predicted octanol–water partition coefficient (Wildman–Crippen LogP) is 4.19. The van der Waals surface area contributed by atoms with Gasteiger partial charge in [-0.05, 0) is 46.6 Å². The van der Waals surface area contributed by atoms with Crippen LogP contribution in [-0.4, -0.2) is 24.5 Å². The Kier molecular flexibility index (Phi) is 12.0. The third-order valence-electron chi connectivity index (χ3n) is 3.69. The summed E-state index contributed by atoms with van der Waals surface area (Å²) in [7, 11) is 1.28. The number of nitrogens with one attached hydrogen (secondary N) is 1. The maximum absolute atomic E-state index is 10.9. The van der Waals surface area contributed by atoms with Crippen molar-refractivity contribution in [1.82, 2.24) is 5.32 Å². The second-order valence-corrected chi connectivity index (χ2v) is 7.05. The summed E-state index contributed by atoms with van der Waals surface area (Å²) in [4.78, 5) is 21.5. The fourth-order valence-corrected chi connectivity index (χ4v) is 2.21. The zero-order valence-electron chi connectivity index (χ0n) is 17.9. The molecule has 1 amide bonds. The van der Waals surface area contributed by atoms with Crippen LogP contribution < -0.4 is 11.1 Å². The van der Waals surface area contributed by atoms with Crippen LogP contribution in [0.4, 0.5) is 0 Å². The van der Waals surface area contributed by atoms with Gasteiger partial charge >= 0.3 is 5.97 Å².